The maximum absolute atomic E-state index is 11.3. The Kier molecular flexibility index (Phi) is 12.2. The summed E-state index contributed by atoms with van der Waals surface area (Å²) in [5.41, 5.74) is 5.30. The molecule has 0 aromatic heterocycles. The number of carbonyl (C=O) groups is 2. The van der Waals surface area contributed by atoms with E-state index in [9.17, 15) is 9.59 Å². The first-order chi connectivity index (χ1) is 9.57. The average Bonchev–Trinajstić information content (AvgIpc) is 2.42. The van der Waals surface area contributed by atoms with Crippen molar-refractivity contribution in [1.82, 2.24) is 0 Å². The average molecular weight is 287 g/mol. The second kappa shape index (κ2) is 12.9. The van der Waals surface area contributed by atoms with Gasteiger partial charge in [0.2, 0.25) is 0 Å². The minimum Gasteiger partial charge on any atom is -0.480 e. The minimum absolute atomic E-state index is 0.0739. The van der Waals surface area contributed by atoms with Crippen LogP contribution in [-0.2, 0) is 14.3 Å². The molecular weight excluding hydrogens is 258 g/mol. The lowest BCUT2D eigenvalue weighted by atomic mass is 10.1. The molecule has 0 spiro atoms. The molecule has 0 aliphatic rings. The van der Waals surface area contributed by atoms with Crippen LogP contribution in [-0.4, -0.2) is 29.7 Å². The number of carboxylic acid groups (broad SMARTS) is 1. The molecule has 0 aliphatic carbocycles. The first-order valence-electron chi connectivity index (χ1n) is 7.72. The molecule has 20 heavy (non-hydrogen) atoms. The van der Waals surface area contributed by atoms with Gasteiger partial charge in [-0.05, 0) is 12.8 Å². The van der Waals surface area contributed by atoms with E-state index in [1.807, 2.05) is 0 Å². The van der Waals surface area contributed by atoms with Crippen LogP contribution in [0.2, 0.25) is 0 Å². The quantitative estimate of drug-likeness (QED) is 0.401. The molecule has 118 valence electrons. The third-order valence-electron chi connectivity index (χ3n) is 3.24. The van der Waals surface area contributed by atoms with Crippen LogP contribution in [0.4, 0.5) is 0 Å². The van der Waals surface area contributed by atoms with Gasteiger partial charge in [-0.1, -0.05) is 51.9 Å². The van der Waals surface area contributed by atoms with Crippen molar-refractivity contribution < 1.29 is 19.4 Å². The Morgan fingerprint density at radius 2 is 1.60 bits per heavy atom. The van der Waals surface area contributed by atoms with E-state index in [2.05, 4.69) is 6.92 Å². The summed E-state index contributed by atoms with van der Waals surface area (Å²) >= 11 is 0. The van der Waals surface area contributed by atoms with E-state index in [1.165, 1.54) is 38.5 Å². The molecule has 0 rings (SSSR count). The van der Waals surface area contributed by atoms with Crippen molar-refractivity contribution in [3.8, 4) is 0 Å². The molecule has 0 saturated heterocycles. The van der Waals surface area contributed by atoms with Crippen LogP contribution >= 0.6 is 0 Å². The molecule has 0 saturated carbocycles. The predicted octanol–water partition coefficient (Wildman–Crippen LogP) is 2.86. The van der Waals surface area contributed by atoms with Crippen molar-refractivity contribution in [3.63, 3.8) is 0 Å². The number of ether oxygens (including phenoxy) is 1. The molecule has 5 nitrogen and oxygen atoms in total. The Balaban J connectivity index is 3.29. The van der Waals surface area contributed by atoms with Crippen molar-refractivity contribution in [3.05, 3.63) is 0 Å². The second-order valence-electron chi connectivity index (χ2n) is 5.18. The molecular formula is C15H29NO4. The van der Waals surface area contributed by atoms with Gasteiger partial charge in [0.15, 0.2) is 0 Å². The minimum atomic E-state index is -1.08. The number of hydrogen-bond acceptors (Lipinski definition) is 4. The fourth-order valence-corrected chi connectivity index (χ4v) is 1.89. The van der Waals surface area contributed by atoms with Crippen LogP contribution < -0.4 is 5.73 Å². The molecule has 1 atom stereocenters. The summed E-state index contributed by atoms with van der Waals surface area (Å²) in [6, 6.07) is -0.981. The van der Waals surface area contributed by atoms with Gasteiger partial charge < -0.3 is 15.6 Å². The fraction of sp³-hybridized carbons (Fsp3) is 0.867. The third kappa shape index (κ3) is 12.0. The number of nitrogens with two attached hydrogens (primary N) is 1. The summed E-state index contributed by atoms with van der Waals surface area (Å²) in [7, 11) is 0. The van der Waals surface area contributed by atoms with Gasteiger partial charge in [-0.15, -0.1) is 0 Å². The highest BCUT2D eigenvalue weighted by Crippen LogP contribution is 2.08. The topological polar surface area (TPSA) is 89.6 Å². The molecule has 0 unspecified atom stereocenters. The Labute approximate surface area is 121 Å². The summed E-state index contributed by atoms with van der Waals surface area (Å²) in [6.07, 6.45) is 9.79. The predicted molar refractivity (Wildman–Crippen MR) is 78.4 cm³/mol. The number of aliphatic carboxylic acids is 1. The monoisotopic (exact) mass is 287 g/mol. The number of carboxylic acids is 1. The second-order valence-corrected chi connectivity index (χ2v) is 5.18. The first-order valence-corrected chi connectivity index (χ1v) is 7.72. The Bertz CT molecular complexity index is 269. The van der Waals surface area contributed by atoms with E-state index in [1.54, 1.807) is 0 Å². The van der Waals surface area contributed by atoms with Crippen LogP contribution in [0.3, 0.4) is 0 Å². The highest BCUT2D eigenvalue weighted by atomic mass is 16.5. The van der Waals surface area contributed by atoms with Gasteiger partial charge in [0.05, 0.1) is 6.61 Å². The van der Waals surface area contributed by atoms with Crippen molar-refractivity contribution in [1.29, 1.82) is 0 Å². The van der Waals surface area contributed by atoms with Crippen molar-refractivity contribution in [2.45, 2.75) is 77.2 Å². The molecule has 0 aliphatic heterocycles. The normalized spacial score (nSPS) is 12.1. The van der Waals surface area contributed by atoms with E-state index >= 15 is 0 Å². The Morgan fingerprint density at radius 1 is 1.05 bits per heavy atom. The van der Waals surface area contributed by atoms with Gasteiger partial charge in [0.25, 0.3) is 0 Å². The number of carbonyl (C=O) groups excluding carboxylic acids is 1. The number of rotatable bonds is 13. The van der Waals surface area contributed by atoms with Crippen LogP contribution in [0, 0.1) is 0 Å². The zero-order valence-electron chi connectivity index (χ0n) is 12.6. The van der Waals surface area contributed by atoms with Crippen LogP contribution in [0.1, 0.15) is 71.1 Å². The van der Waals surface area contributed by atoms with E-state index < -0.39 is 12.0 Å². The number of esters is 1. The van der Waals surface area contributed by atoms with Crippen LogP contribution in [0.5, 0.6) is 0 Å². The standard InChI is InChI=1S/C15H29NO4/c1-2-3-4-5-6-7-8-9-12-20-14(17)11-10-13(16)15(18)19/h13H,2-12,16H2,1H3,(H,18,19)/t13-/m0/s1. The van der Waals surface area contributed by atoms with E-state index in [-0.39, 0.29) is 18.8 Å². The molecule has 0 aromatic rings. The van der Waals surface area contributed by atoms with Gasteiger partial charge in [-0.2, -0.15) is 0 Å². The highest BCUT2D eigenvalue weighted by Gasteiger charge is 2.13. The molecule has 0 fully saturated rings. The zero-order valence-corrected chi connectivity index (χ0v) is 12.6. The van der Waals surface area contributed by atoms with E-state index in [0.29, 0.717) is 6.61 Å². The summed E-state index contributed by atoms with van der Waals surface area (Å²) in [6.45, 7) is 2.63. The van der Waals surface area contributed by atoms with Crippen molar-refractivity contribution in [2.24, 2.45) is 5.73 Å². The third-order valence-corrected chi connectivity index (χ3v) is 3.24. The van der Waals surface area contributed by atoms with Gasteiger partial charge >= 0.3 is 11.9 Å². The lowest BCUT2D eigenvalue weighted by Crippen LogP contribution is -2.30. The maximum atomic E-state index is 11.3. The summed E-state index contributed by atoms with van der Waals surface area (Å²) in [5.74, 6) is -1.44. The largest absolute Gasteiger partial charge is 0.480 e. The van der Waals surface area contributed by atoms with Crippen molar-refractivity contribution >= 4 is 11.9 Å². The molecule has 0 radical (unpaired) electrons. The zero-order chi connectivity index (χ0) is 15.2. The Morgan fingerprint density at radius 3 is 2.15 bits per heavy atom. The lowest BCUT2D eigenvalue weighted by Gasteiger charge is -2.07. The molecule has 0 amide bonds. The summed E-state index contributed by atoms with van der Waals surface area (Å²) in [5, 5.41) is 8.57. The summed E-state index contributed by atoms with van der Waals surface area (Å²) in [4.78, 5) is 21.8. The number of hydrogen-bond donors (Lipinski definition) is 2. The van der Waals surface area contributed by atoms with Gasteiger partial charge in [-0.3, -0.25) is 9.59 Å². The SMILES string of the molecule is CCCCCCCCCCOC(=O)CC[C@H](N)C(=O)O. The van der Waals surface area contributed by atoms with Crippen LogP contribution in [0.25, 0.3) is 0 Å². The van der Waals surface area contributed by atoms with Gasteiger partial charge in [-0.25, -0.2) is 0 Å². The maximum Gasteiger partial charge on any atom is 0.320 e. The first kappa shape index (κ1) is 18.9. The lowest BCUT2D eigenvalue weighted by molar-refractivity contribution is -0.144. The van der Waals surface area contributed by atoms with E-state index in [0.717, 1.165) is 12.8 Å². The van der Waals surface area contributed by atoms with Crippen molar-refractivity contribution in [2.75, 3.05) is 6.61 Å². The number of unbranched alkanes of at least 4 members (excludes halogenated alkanes) is 7. The fourth-order valence-electron chi connectivity index (χ4n) is 1.89. The van der Waals surface area contributed by atoms with Crippen LogP contribution in [0.15, 0.2) is 0 Å². The molecule has 0 heterocycles. The molecule has 0 bridgehead atoms. The van der Waals surface area contributed by atoms with E-state index in [4.69, 9.17) is 15.6 Å². The molecule has 3 N–H and O–H groups in total. The smallest absolute Gasteiger partial charge is 0.320 e. The Hall–Kier alpha value is -1.10. The molecule has 5 heteroatoms. The van der Waals surface area contributed by atoms with Gasteiger partial charge in [0, 0.05) is 6.42 Å². The molecule has 0 aromatic carbocycles. The highest BCUT2D eigenvalue weighted by molar-refractivity contribution is 5.75. The van der Waals surface area contributed by atoms with Gasteiger partial charge in [0.1, 0.15) is 6.04 Å². The summed E-state index contributed by atoms with van der Waals surface area (Å²) < 4.78 is 5.03.